The van der Waals surface area contributed by atoms with Crippen LogP contribution >= 0.6 is 11.8 Å². The molecule has 2 heterocycles. The van der Waals surface area contributed by atoms with Crippen LogP contribution in [0.1, 0.15) is 23.5 Å². The number of fused-ring (bicyclic) bond motifs is 1. The summed E-state index contributed by atoms with van der Waals surface area (Å²) in [4.78, 5) is 14.6. The summed E-state index contributed by atoms with van der Waals surface area (Å²) in [5.74, 6) is 1.21. The topological polar surface area (TPSA) is 92.0 Å². The van der Waals surface area contributed by atoms with Gasteiger partial charge in [-0.05, 0) is 29.8 Å². The van der Waals surface area contributed by atoms with Crippen LogP contribution in [0.3, 0.4) is 0 Å². The Morgan fingerprint density at radius 2 is 1.90 bits per heavy atom. The molecule has 0 aromatic heterocycles. The molecule has 8 heteroatoms. The molecule has 0 spiro atoms. The molecule has 2 unspecified atom stereocenters. The largest absolute Gasteiger partial charge is 0.497 e. The van der Waals surface area contributed by atoms with Crippen LogP contribution < -0.4 is 14.2 Å². The lowest BCUT2D eigenvalue weighted by atomic mass is 9.85. The minimum atomic E-state index is -1.59. The number of hydrogen-bond acceptors (Lipinski definition) is 7. The Morgan fingerprint density at radius 3 is 2.58 bits per heavy atom. The van der Waals surface area contributed by atoms with Crippen LogP contribution in [0.4, 0.5) is 0 Å². The maximum absolute atomic E-state index is 13.3. The summed E-state index contributed by atoms with van der Waals surface area (Å²) in [6.07, 6.45) is 0.0791. The first kappa shape index (κ1) is 21.1. The molecule has 2 aromatic carbocycles. The van der Waals surface area contributed by atoms with E-state index in [2.05, 4.69) is 6.07 Å². The minimum absolute atomic E-state index is 0.0791. The van der Waals surface area contributed by atoms with Crippen LogP contribution in [0.25, 0.3) is 0 Å². The van der Waals surface area contributed by atoms with Crippen molar-refractivity contribution in [2.24, 2.45) is 0 Å². The molecule has 1 amide bonds. The van der Waals surface area contributed by atoms with Crippen LogP contribution in [-0.2, 0) is 10.5 Å². The van der Waals surface area contributed by atoms with E-state index in [-0.39, 0.29) is 24.0 Å². The number of carbonyl (C=O) groups excluding carboxylic acids is 1. The second-order valence-electron chi connectivity index (χ2n) is 7.27. The van der Waals surface area contributed by atoms with E-state index in [1.807, 2.05) is 24.3 Å². The summed E-state index contributed by atoms with van der Waals surface area (Å²) in [6, 6.07) is 14.7. The van der Waals surface area contributed by atoms with E-state index in [0.717, 1.165) is 5.56 Å². The number of carbonyl (C=O) groups is 1. The first-order valence-electron chi connectivity index (χ1n) is 9.65. The Labute approximate surface area is 184 Å². The molecular formula is C23H22N2O5S. The van der Waals surface area contributed by atoms with Crippen LogP contribution in [0.5, 0.6) is 17.2 Å². The van der Waals surface area contributed by atoms with Crippen LogP contribution in [0.2, 0.25) is 0 Å². The van der Waals surface area contributed by atoms with E-state index >= 15 is 0 Å². The number of methoxy groups -OCH3 is 3. The number of nitrogens with zero attached hydrogens (tertiary/aromatic N) is 2. The van der Waals surface area contributed by atoms with Crippen molar-refractivity contribution in [2.45, 2.75) is 18.1 Å². The second-order valence-corrected chi connectivity index (χ2v) is 8.23. The Hall–Kier alpha value is -3.15. The molecular weight excluding hydrogens is 416 g/mol. The summed E-state index contributed by atoms with van der Waals surface area (Å²) < 4.78 is 15.9. The fourth-order valence-electron chi connectivity index (χ4n) is 4.07. The predicted molar refractivity (Wildman–Crippen MR) is 116 cm³/mol. The first-order valence-corrected chi connectivity index (χ1v) is 10.6. The minimum Gasteiger partial charge on any atom is -0.497 e. The highest BCUT2D eigenvalue weighted by Crippen LogP contribution is 2.52. The lowest BCUT2D eigenvalue weighted by Crippen LogP contribution is -2.48. The molecule has 2 aliphatic heterocycles. The van der Waals surface area contributed by atoms with Gasteiger partial charge < -0.3 is 19.3 Å². The first-order chi connectivity index (χ1) is 15.0. The van der Waals surface area contributed by atoms with Gasteiger partial charge in [-0.15, -0.1) is 11.8 Å². The monoisotopic (exact) mass is 438 g/mol. The van der Waals surface area contributed by atoms with Gasteiger partial charge in [0.05, 0.1) is 43.8 Å². The molecule has 1 N–H and O–H groups in total. The van der Waals surface area contributed by atoms with Crippen LogP contribution in [0.15, 0.2) is 53.1 Å². The van der Waals surface area contributed by atoms with Crippen LogP contribution in [-0.4, -0.2) is 43.0 Å². The molecule has 0 bridgehead atoms. The van der Waals surface area contributed by atoms with E-state index in [0.29, 0.717) is 33.4 Å². The van der Waals surface area contributed by atoms with Crippen molar-refractivity contribution in [1.29, 1.82) is 5.26 Å². The van der Waals surface area contributed by atoms with E-state index in [1.54, 1.807) is 25.3 Å². The number of hydrogen-bond donors (Lipinski definition) is 1. The number of nitriles is 1. The number of amides is 1. The maximum Gasteiger partial charge on any atom is 0.231 e. The van der Waals surface area contributed by atoms with Crippen molar-refractivity contribution in [3.63, 3.8) is 0 Å². The number of allylic oxidation sites excluding steroid dienone is 1. The van der Waals surface area contributed by atoms with Gasteiger partial charge in [-0.2, -0.15) is 5.26 Å². The smallest absolute Gasteiger partial charge is 0.231 e. The normalized spacial score (nSPS) is 22.7. The number of ether oxygens (including phenoxy) is 3. The van der Waals surface area contributed by atoms with Gasteiger partial charge >= 0.3 is 0 Å². The highest BCUT2D eigenvalue weighted by molar-refractivity contribution is 8.03. The van der Waals surface area contributed by atoms with E-state index in [9.17, 15) is 15.2 Å². The van der Waals surface area contributed by atoms with Crippen molar-refractivity contribution >= 4 is 17.7 Å². The summed E-state index contributed by atoms with van der Waals surface area (Å²) in [5, 5.41) is 22.0. The fraction of sp³-hybridized carbons (Fsp3) is 0.304. The van der Waals surface area contributed by atoms with Gasteiger partial charge in [-0.3, -0.25) is 9.69 Å². The lowest BCUT2D eigenvalue weighted by molar-refractivity contribution is -0.149. The molecule has 0 radical (unpaired) electrons. The summed E-state index contributed by atoms with van der Waals surface area (Å²) >= 11 is 1.31. The summed E-state index contributed by atoms with van der Waals surface area (Å²) in [5.41, 5.74) is 0.212. The van der Waals surface area contributed by atoms with Gasteiger partial charge in [-0.25, -0.2) is 0 Å². The molecule has 0 saturated carbocycles. The lowest BCUT2D eigenvalue weighted by Gasteiger charge is -2.38. The molecule has 2 aliphatic rings. The zero-order valence-electron chi connectivity index (χ0n) is 17.4. The van der Waals surface area contributed by atoms with Gasteiger partial charge in [-0.1, -0.05) is 18.2 Å². The molecule has 0 aliphatic carbocycles. The van der Waals surface area contributed by atoms with Crippen molar-refractivity contribution in [1.82, 2.24) is 4.90 Å². The summed E-state index contributed by atoms with van der Waals surface area (Å²) in [7, 11) is 4.62. The molecule has 160 valence electrons. The Kier molecular flexibility index (Phi) is 5.56. The quantitative estimate of drug-likeness (QED) is 0.765. The van der Waals surface area contributed by atoms with Crippen LogP contribution in [0, 0.1) is 11.3 Å². The molecule has 2 aromatic rings. The van der Waals surface area contributed by atoms with Gasteiger partial charge in [0.1, 0.15) is 5.75 Å². The van der Waals surface area contributed by atoms with Crippen molar-refractivity contribution in [2.75, 3.05) is 27.1 Å². The van der Waals surface area contributed by atoms with Gasteiger partial charge in [0, 0.05) is 17.9 Å². The number of benzene rings is 2. The molecule has 1 fully saturated rings. The number of rotatable bonds is 5. The average Bonchev–Trinajstić information content (AvgIpc) is 3.17. The maximum atomic E-state index is 13.3. The third-order valence-electron chi connectivity index (χ3n) is 5.65. The predicted octanol–water partition coefficient (Wildman–Crippen LogP) is 3.36. The van der Waals surface area contributed by atoms with E-state index < -0.39 is 5.72 Å². The molecule has 7 nitrogen and oxygen atoms in total. The zero-order valence-corrected chi connectivity index (χ0v) is 18.2. The van der Waals surface area contributed by atoms with Crippen molar-refractivity contribution < 1.29 is 24.1 Å². The van der Waals surface area contributed by atoms with Crippen molar-refractivity contribution in [3.8, 4) is 23.3 Å². The van der Waals surface area contributed by atoms with Gasteiger partial charge in [0.2, 0.25) is 5.91 Å². The zero-order chi connectivity index (χ0) is 22.2. The SMILES string of the molecule is COc1cccc(C2CC(=O)N3C(=C2C#N)SCC3(O)c2ccc(OC)c(OC)c2)c1. The van der Waals surface area contributed by atoms with Crippen molar-refractivity contribution in [3.05, 3.63) is 64.2 Å². The Balaban J connectivity index is 1.79. The molecule has 1 saturated heterocycles. The molecule has 31 heavy (non-hydrogen) atoms. The third-order valence-corrected chi connectivity index (χ3v) is 6.88. The fourth-order valence-corrected chi connectivity index (χ4v) is 5.43. The Bertz CT molecular complexity index is 1110. The number of thioether (sulfide) groups is 1. The van der Waals surface area contributed by atoms with Gasteiger partial charge in [0.25, 0.3) is 0 Å². The van der Waals surface area contributed by atoms with E-state index in [1.165, 1.54) is 30.9 Å². The number of aliphatic hydroxyl groups is 1. The van der Waals surface area contributed by atoms with E-state index in [4.69, 9.17) is 14.2 Å². The standard InChI is InChI=1S/C23H22N2O5S/c1-28-16-6-4-5-14(9-16)17-11-21(26)25-22(18(17)12-24)31-13-23(25,27)15-7-8-19(29-2)20(10-15)30-3/h4-10,17,27H,11,13H2,1-3H3. The Morgan fingerprint density at radius 1 is 1.13 bits per heavy atom. The summed E-state index contributed by atoms with van der Waals surface area (Å²) in [6.45, 7) is 0. The molecule has 2 atom stereocenters. The molecule has 4 rings (SSSR count). The highest BCUT2D eigenvalue weighted by Gasteiger charge is 2.52. The second kappa shape index (κ2) is 8.17. The average molecular weight is 439 g/mol. The third kappa shape index (κ3) is 3.40. The highest BCUT2D eigenvalue weighted by atomic mass is 32.2. The van der Waals surface area contributed by atoms with Gasteiger partial charge in [0.15, 0.2) is 17.2 Å².